The van der Waals surface area contributed by atoms with Crippen LogP contribution in [0.2, 0.25) is 0 Å². The Labute approximate surface area is 568 Å². The fourth-order valence-corrected chi connectivity index (χ4v) is 12.8. The second kappa shape index (κ2) is 64.7. The molecule has 0 spiro atoms. The van der Waals surface area contributed by atoms with Gasteiger partial charge in [0.2, 0.25) is 0 Å². The third kappa shape index (κ3) is 65.8. The lowest BCUT2D eigenvalue weighted by Gasteiger charge is -2.21. The Bertz CT molecular complexity index is 1820. The summed E-state index contributed by atoms with van der Waals surface area (Å²) in [5.74, 6) is 0.149. The molecule has 0 aromatic heterocycles. The van der Waals surface area contributed by atoms with Gasteiger partial charge in [-0.1, -0.05) is 325 Å². The number of esters is 4. The van der Waals surface area contributed by atoms with Crippen molar-refractivity contribution < 1.29 is 80.2 Å². The van der Waals surface area contributed by atoms with Crippen LogP contribution in [0.1, 0.15) is 376 Å². The van der Waals surface area contributed by atoms with Gasteiger partial charge in [-0.25, -0.2) is 9.13 Å². The summed E-state index contributed by atoms with van der Waals surface area (Å²) in [6.45, 7) is 11.8. The topological polar surface area (TPSA) is 237 Å². The molecule has 0 aromatic rings. The minimum atomic E-state index is -4.96. The number of ether oxygens (including phenoxy) is 4. The number of carbonyl (C=O) groups is 4. The van der Waals surface area contributed by atoms with Gasteiger partial charge in [0.05, 0.1) is 26.4 Å². The van der Waals surface area contributed by atoms with Crippen LogP contribution in [-0.4, -0.2) is 96.7 Å². The largest absolute Gasteiger partial charge is 0.472 e. The summed E-state index contributed by atoms with van der Waals surface area (Å²) in [5, 5.41) is 10.6. The van der Waals surface area contributed by atoms with E-state index >= 15 is 0 Å². The molecule has 0 saturated heterocycles. The summed E-state index contributed by atoms with van der Waals surface area (Å²) in [6, 6.07) is 0. The van der Waals surface area contributed by atoms with E-state index in [1.54, 1.807) is 0 Å². The Balaban J connectivity index is 5.24. The fourth-order valence-electron chi connectivity index (χ4n) is 11.2. The molecule has 93 heavy (non-hydrogen) atoms. The van der Waals surface area contributed by atoms with Crippen LogP contribution in [0.25, 0.3) is 0 Å². The summed E-state index contributed by atoms with van der Waals surface area (Å²) in [5.41, 5.74) is 0. The van der Waals surface area contributed by atoms with Crippen LogP contribution >= 0.6 is 15.6 Å². The molecule has 0 aliphatic carbocycles. The van der Waals surface area contributed by atoms with Crippen molar-refractivity contribution in [3.05, 3.63) is 0 Å². The number of phosphoric acid groups is 2. The number of rotatable bonds is 72. The van der Waals surface area contributed by atoms with Gasteiger partial charge >= 0.3 is 39.5 Å². The zero-order chi connectivity index (χ0) is 68.7. The molecule has 0 aromatic carbocycles. The second-order valence-corrected chi connectivity index (χ2v) is 30.6. The number of aliphatic hydroxyl groups excluding tert-OH is 1. The van der Waals surface area contributed by atoms with Gasteiger partial charge in [0.15, 0.2) is 12.2 Å². The Hall–Kier alpha value is -1.94. The number of hydrogen-bond acceptors (Lipinski definition) is 15. The molecule has 0 amide bonds. The van der Waals surface area contributed by atoms with E-state index < -0.39 is 97.5 Å². The van der Waals surface area contributed by atoms with E-state index in [0.717, 1.165) is 108 Å². The first kappa shape index (κ1) is 91.1. The lowest BCUT2D eigenvalue weighted by atomic mass is 9.99. The van der Waals surface area contributed by atoms with Crippen molar-refractivity contribution in [2.24, 2.45) is 17.8 Å². The zero-order valence-corrected chi connectivity index (χ0v) is 62.5. The maximum atomic E-state index is 13.1. The molecule has 0 heterocycles. The first-order chi connectivity index (χ1) is 44.8. The van der Waals surface area contributed by atoms with Crippen LogP contribution in [0.4, 0.5) is 0 Å². The average molecular weight is 1370 g/mol. The molecule has 4 unspecified atom stereocenters. The Morgan fingerprint density at radius 3 is 0.817 bits per heavy atom. The molecule has 552 valence electrons. The summed E-state index contributed by atoms with van der Waals surface area (Å²) in [7, 11) is -9.91. The zero-order valence-electron chi connectivity index (χ0n) is 60.7. The van der Waals surface area contributed by atoms with E-state index in [2.05, 4.69) is 48.5 Å². The Kier molecular flexibility index (Phi) is 63.4. The van der Waals surface area contributed by atoms with Crippen molar-refractivity contribution in [1.29, 1.82) is 0 Å². The number of hydrogen-bond donors (Lipinski definition) is 3. The van der Waals surface area contributed by atoms with Crippen LogP contribution in [0, 0.1) is 17.8 Å². The van der Waals surface area contributed by atoms with E-state index in [9.17, 15) is 43.2 Å². The molecule has 0 bridgehead atoms. The SMILES string of the molecule is CCCCCCCCCCCCCCCCCC(=O)OC[C@H](COP(=O)(O)OC[C@@H](O)COP(=O)(O)OC[C@@H](COC(=O)CCCCCCCCC(C)CC)OC(=O)CCCCCCCCCC(C)C)OC(=O)CCCCCCCCCCCCCCCCC(C)CC. The van der Waals surface area contributed by atoms with Crippen molar-refractivity contribution in [3.8, 4) is 0 Å². The van der Waals surface area contributed by atoms with Crippen molar-refractivity contribution >= 4 is 39.5 Å². The van der Waals surface area contributed by atoms with Gasteiger partial charge in [-0.3, -0.25) is 37.3 Å². The highest BCUT2D eigenvalue weighted by Gasteiger charge is 2.30. The van der Waals surface area contributed by atoms with Crippen LogP contribution in [0.3, 0.4) is 0 Å². The summed E-state index contributed by atoms with van der Waals surface area (Å²) in [4.78, 5) is 72.7. The maximum Gasteiger partial charge on any atom is 0.472 e. The molecular weight excluding hydrogens is 1220 g/mol. The lowest BCUT2D eigenvalue weighted by Crippen LogP contribution is -2.30. The molecule has 0 aliphatic rings. The number of phosphoric ester groups is 2. The second-order valence-electron chi connectivity index (χ2n) is 27.6. The normalized spacial score (nSPS) is 14.7. The molecule has 17 nitrogen and oxygen atoms in total. The van der Waals surface area contributed by atoms with Crippen LogP contribution in [0.5, 0.6) is 0 Å². The minimum Gasteiger partial charge on any atom is -0.462 e. The fraction of sp³-hybridized carbons (Fsp3) is 0.946. The van der Waals surface area contributed by atoms with Crippen LogP contribution in [-0.2, 0) is 65.4 Å². The summed E-state index contributed by atoms with van der Waals surface area (Å²) < 4.78 is 68.4. The van der Waals surface area contributed by atoms with Gasteiger partial charge in [-0.15, -0.1) is 0 Å². The standard InChI is InChI=1S/C74H144O17P2/c1-8-11-12-13-14-15-16-17-18-22-25-28-33-41-48-55-71(76)84-61-69(90-73(78)57-50-43-34-29-26-23-20-19-21-24-27-32-39-46-53-66(6)9-2)63-88-92(80,81)86-59-68(75)60-87-93(82,83)89-64-70(91-74(79)58-51-44-35-30-31-38-45-52-65(4)5)62-85-72(77)56-49-42-37-36-40-47-54-67(7)10-3/h65-70,75H,8-64H2,1-7H3,(H,80,81)(H,82,83)/t66?,67?,68-,69-,70-/m1/s1. The molecule has 0 rings (SSSR count). The van der Waals surface area contributed by atoms with E-state index in [1.807, 2.05) is 0 Å². The third-order valence-electron chi connectivity index (χ3n) is 17.9. The molecule has 0 saturated carbocycles. The van der Waals surface area contributed by atoms with Crippen molar-refractivity contribution in [3.63, 3.8) is 0 Å². The molecule has 0 aliphatic heterocycles. The lowest BCUT2D eigenvalue weighted by molar-refractivity contribution is -0.161. The van der Waals surface area contributed by atoms with Crippen molar-refractivity contribution in [1.82, 2.24) is 0 Å². The number of aliphatic hydroxyl groups is 1. The first-order valence-electron chi connectivity index (χ1n) is 38.4. The van der Waals surface area contributed by atoms with Gasteiger partial charge in [-0.05, 0) is 43.4 Å². The molecular formula is C74H144O17P2. The third-order valence-corrected chi connectivity index (χ3v) is 19.8. The van der Waals surface area contributed by atoms with Gasteiger partial charge in [0.25, 0.3) is 0 Å². The van der Waals surface area contributed by atoms with Gasteiger partial charge in [-0.2, -0.15) is 0 Å². The van der Waals surface area contributed by atoms with E-state index in [0.29, 0.717) is 31.6 Å². The molecule has 0 fully saturated rings. The smallest absolute Gasteiger partial charge is 0.462 e. The predicted molar refractivity (Wildman–Crippen MR) is 377 cm³/mol. The number of carbonyl (C=O) groups excluding carboxylic acids is 4. The minimum absolute atomic E-state index is 0.102. The first-order valence-corrected chi connectivity index (χ1v) is 41.4. The van der Waals surface area contributed by atoms with Gasteiger partial charge in [0.1, 0.15) is 19.3 Å². The van der Waals surface area contributed by atoms with Gasteiger partial charge < -0.3 is 33.8 Å². The van der Waals surface area contributed by atoms with Crippen LogP contribution < -0.4 is 0 Å². The summed E-state index contributed by atoms with van der Waals surface area (Å²) in [6.07, 6.45) is 50.0. The average Bonchev–Trinajstić information content (AvgIpc) is 2.94. The van der Waals surface area contributed by atoms with Crippen LogP contribution in [0.15, 0.2) is 0 Å². The van der Waals surface area contributed by atoms with Gasteiger partial charge in [0, 0.05) is 25.7 Å². The Morgan fingerprint density at radius 1 is 0.312 bits per heavy atom. The highest BCUT2D eigenvalue weighted by Crippen LogP contribution is 2.45. The Morgan fingerprint density at radius 2 is 0.548 bits per heavy atom. The monoisotopic (exact) mass is 1370 g/mol. The molecule has 7 atom stereocenters. The molecule has 0 radical (unpaired) electrons. The van der Waals surface area contributed by atoms with E-state index in [4.69, 9.17) is 37.0 Å². The number of unbranched alkanes of at least 4 members (excludes halogenated alkanes) is 38. The molecule has 3 N–H and O–H groups in total. The quantitative estimate of drug-likeness (QED) is 0.0222. The van der Waals surface area contributed by atoms with Crippen molar-refractivity contribution in [2.75, 3.05) is 39.6 Å². The predicted octanol–water partition coefficient (Wildman–Crippen LogP) is 21.4. The summed E-state index contributed by atoms with van der Waals surface area (Å²) >= 11 is 0. The van der Waals surface area contributed by atoms with Crippen molar-refractivity contribution in [2.45, 2.75) is 394 Å². The van der Waals surface area contributed by atoms with E-state index in [-0.39, 0.29) is 25.7 Å². The molecule has 19 heteroatoms. The maximum absolute atomic E-state index is 13.1. The highest BCUT2D eigenvalue weighted by molar-refractivity contribution is 7.47. The van der Waals surface area contributed by atoms with E-state index in [1.165, 1.54) is 180 Å². The highest BCUT2D eigenvalue weighted by atomic mass is 31.2.